The van der Waals surface area contributed by atoms with E-state index in [0.29, 0.717) is 21.7 Å². The SMILES string of the molecule is Cl.O=C(CSCc1ccc(Cl)cc1Cl)NCCC1CCNC1. The van der Waals surface area contributed by atoms with Crippen molar-refractivity contribution < 1.29 is 4.79 Å². The molecule has 0 radical (unpaired) electrons. The lowest BCUT2D eigenvalue weighted by Crippen LogP contribution is -2.27. The molecule has 1 saturated heterocycles. The summed E-state index contributed by atoms with van der Waals surface area (Å²) in [6.07, 6.45) is 2.28. The van der Waals surface area contributed by atoms with Gasteiger partial charge >= 0.3 is 0 Å². The lowest BCUT2D eigenvalue weighted by Gasteiger charge is -2.09. The molecule has 1 aliphatic heterocycles. The fourth-order valence-electron chi connectivity index (χ4n) is 2.32. The number of nitrogens with one attached hydrogen (secondary N) is 2. The first kappa shape index (κ1) is 19.9. The summed E-state index contributed by atoms with van der Waals surface area (Å²) in [7, 11) is 0. The molecule has 124 valence electrons. The maximum atomic E-state index is 11.7. The number of carbonyl (C=O) groups is 1. The van der Waals surface area contributed by atoms with E-state index in [1.807, 2.05) is 12.1 Å². The topological polar surface area (TPSA) is 41.1 Å². The van der Waals surface area contributed by atoms with Crippen LogP contribution in [0.1, 0.15) is 18.4 Å². The highest BCUT2D eigenvalue weighted by molar-refractivity contribution is 7.99. The molecule has 1 atom stereocenters. The van der Waals surface area contributed by atoms with Crippen LogP contribution in [0, 0.1) is 5.92 Å². The van der Waals surface area contributed by atoms with Crippen molar-refractivity contribution in [1.82, 2.24) is 10.6 Å². The maximum absolute atomic E-state index is 11.7. The predicted molar refractivity (Wildman–Crippen MR) is 98.5 cm³/mol. The van der Waals surface area contributed by atoms with Crippen LogP contribution in [0.15, 0.2) is 18.2 Å². The van der Waals surface area contributed by atoms with Gasteiger partial charge in [-0.25, -0.2) is 0 Å². The van der Waals surface area contributed by atoms with Crippen LogP contribution >= 0.6 is 47.4 Å². The summed E-state index contributed by atoms with van der Waals surface area (Å²) in [6.45, 7) is 2.96. The van der Waals surface area contributed by atoms with Crippen molar-refractivity contribution in [3.8, 4) is 0 Å². The highest BCUT2D eigenvalue weighted by Crippen LogP contribution is 2.24. The fourth-order valence-corrected chi connectivity index (χ4v) is 3.74. The molecule has 1 fully saturated rings. The van der Waals surface area contributed by atoms with E-state index in [4.69, 9.17) is 23.2 Å². The van der Waals surface area contributed by atoms with Crippen LogP contribution in [0.3, 0.4) is 0 Å². The lowest BCUT2D eigenvalue weighted by molar-refractivity contribution is -0.118. The fraction of sp³-hybridized carbons (Fsp3) is 0.533. The molecule has 0 bridgehead atoms. The quantitative estimate of drug-likeness (QED) is 0.753. The first-order valence-electron chi connectivity index (χ1n) is 7.14. The Balaban J connectivity index is 0.00000242. The summed E-state index contributed by atoms with van der Waals surface area (Å²) in [5.74, 6) is 1.99. The average molecular weight is 384 g/mol. The highest BCUT2D eigenvalue weighted by atomic mass is 35.5. The molecular formula is C15H21Cl3N2OS. The third-order valence-corrected chi connectivity index (χ3v) is 5.11. The molecule has 0 aliphatic carbocycles. The molecule has 3 nitrogen and oxygen atoms in total. The third-order valence-electron chi connectivity index (χ3n) is 3.54. The molecule has 7 heteroatoms. The van der Waals surface area contributed by atoms with Gasteiger partial charge in [0.25, 0.3) is 0 Å². The monoisotopic (exact) mass is 382 g/mol. The van der Waals surface area contributed by atoms with E-state index in [0.717, 1.165) is 37.4 Å². The molecule has 1 heterocycles. The molecule has 0 aromatic heterocycles. The molecule has 0 spiro atoms. The standard InChI is InChI=1S/C15H20Cl2N2OS.ClH/c16-13-2-1-12(14(17)7-13)9-21-10-15(20)19-6-4-11-3-5-18-8-11;/h1-2,7,11,18H,3-6,8-10H2,(H,19,20);1H. The minimum Gasteiger partial charge on any atom is -0.355 e. The zero-order valence-electron chi connectivity index (χ0n) is 12.2. The van der Waals surface area contributed by atoms with Crippen molar-refractivity contribution in [1.29, 1.82) is 0 Å². The summed E-state index contributed by atoms with van der Waals surface area (Å²) in [4.78, 5) is 11.7. The van der Waals surface area contributed by atoms with Crippen molar-refractivity contribution in [2.75, 3.05) is 25.4 Å². The Morgan fingerprint density at radius 1 is 1.41 bits per heavy atom. The second kappa shape index (κ2) is 10.6. The predicted octanol–water partition coefficient (Wildman–Crippen LogP) is 3.76. The number of amides is 1. The van der Waals surface area contributed by atoms with Gasteiger partial charge in [-0.15, -0.1) is 24.2 Å². The van der Waals surface area contributed by atoms with Crippen LogP contribution < -0.4 is 10.6 Å². The molecule has 1 aliphatic rings. The molecule has 0 saturated carbocycles. The van der Waals surface area contributed by atoms with E-state index in [9.17, 15) is 4.79 Å². The summed E-state index contributed by atoms with van der Waals surface area (Å²) in [6, 6.07) is 5.45. The van der Waals surface area contributed by atoms with Crippen LogP contribution in [0.2, 0.25) is 10.0 Å². The number of thioether (sulfide) groups is 1. The Kier molecular flexibility index (Phi) is 9.60. The molecule has 1 unspecified atom stereocenters. The van der Waals surface area contributed by atoms with Crippen LogP contribution in [0.5, 0.6) is 0 Å². The molecule has 22 heavy (non-hydrogen) atoms. The first-order chi connectivity index (χ1) is 10.1. The molecule has 2 rings (SSSR count). The van der Waals surface area contributed by atoms with E-state index in [2.05, 4.69) is 10.6 Å². The maximum Gasteiger partial charge on any atom is 0.230 e. The number of halogens is 3. The van der Waals surface area contributed by atoms with Gasteiger partial charge in [-0.3, -0.25) is 4.79 Å². The number of rotatable bonds is 7. The minimum absolute atomic E-state index is 0. The van der Waals surface area contributed by atoms with Crippen molar-refractivity contribution in [3.05, 3.63) is 33.8 Å². The number of benzene rings is 1. The lowest BCUT2D eigenvalue weighted by atomic mass is 10.1. The third kappa shape index (κ3) is 6.97. The van der Waals surface area contributed by atoms with Gasteiger partial charge in [0.2, 0.25) is 5.91 Å². The van der Waals surface area contributed by atoms with Crippen molar-refractivity contribution in [3.63, 3.8) is 0 Å². The Labute approximate surface area is 152 Å². The Bertz CT molecular complexity index is 482. The van der Waals surface area contributed by atoms with Crippen LogP contribution in [0.25, 0.3) is 0 Å². The smallest absolute Gasteiger partial charge is 0.230 e. The van der Waals surface area contributed by atoms with Gasteiger partial charge in [0.1, 0.15) is 0 Å². The van der Waals surface area contributed by atoms with Crippen LogP contribution in [-0.4, -0.2) is 31.3 Å². The molecule has 1 amide bonds. The Morgan fingerprint density at radius 2 is 2.23 bits per heavy atom. The molecule has 2 N–H and O–H groups in total. The van der Waals surface area contributed by atoms with Gasteiger partial charge in [-0.2, -0.15) is 0 Å². The van der Waals surface area contributed by atoms with E-state index >= 15 is 0 Å². The summed E-state index contributed by atoms with van der Waals surface area (Å²) in [5.41, 5.74) is 1.01. The van der Waals surface area contributed by atoms with Gasteiger partial charge in [-0.1, -0.05) is 29.3 Å². The second-order valence-corrected chi connectivity index (χ2v) is 7.06. The second-order valence-electron chi connectivity index (χ2n) is 5.23. The van der Waals surface area contributed by atoms with Gasteiger partial charge in [-0.05, 0) is 49.5 Å². The summed E-state index contributed by atoms with van der Waals surface area (Å²) >= 11 is 13.5. The van der Waals surface area contributed by atoms with Crippen molar-refractivity contribution in [2.24, 2.45) is 5.92 Å². The van der Waals surface area contributed by atoms with E-state index < -0.39 is 0 Å². The summed E-state index contributed by atoms with van der Waals surface area (Å²) in [5, 5.41) is 7.60. The van der Waals surface area contributed by atoms with Gasteiger partial charge in [0, 0.05) is 22.3 Å². The largest absolute Gasteiger partial charge is 0.355 e. The van der Waals surface area contributed by atoms with E-state index in [-0.39, 0.29) is 18.3 Å². The van der Waals surface area contributed by atoms with Crippen LogP contribution in [-0.2, 0) is 10.5 Å². The molecule has 1 aromatic carbocycles. The van der Waals surface area contributed by atoms with Gasteiger partial charge in [0.15, 0.2) is 0 Å². The minimum atomic E-state index is 0. The number of carbonyl (C=O) groups excluding carboxylic acids is 1. The average Bonchev–Trinajstić information content (AvgIpc) is 2.94. The zero-order chi connectivity index (χ0) is 15.1. The number of hydrogen-bond acceptors (Lipinski definition) is 3. The summed E-state index contributed by atoms with van der Waals surface area (Å²) < 4.78 is 0. The Hall–Kier alpha value is -0.130. The van der Waals surface area contributed by atoms with Crippen molar-refractivity contribution in [2.45, 2.75) is 18.6 Å². The first-order valence-corrected chi connectivity index (χ1v) is 9.05. The van der Waals surface area contributed by atoms with Crippen LogP contribution in [0.4, 0.5) is 0 Å². The zero-order valence-corrected chi connectivity index (χ0v) is 15.4. The highest BCUT2D eigenvalue weighted by Gasteiger charge is 2.14. The van der Waals surface area contributed by atoms with Gasteiger partial charge in [0.05, 0.1) is 5.75 Å². The van der Waals surface area contributed by atoms with E-state index in [1.54, 1.807) is 17.8 Å². The molecule has 1 aromatic rings. The van der Waals surface area contributed by atoms with Crippen molar-refractivity contribution >= 4 is 53.3 Å². The number of hydrogen-bond donors (Lipinski definition) is 2. The van der Waals surface area contributed by atoms with Gasteiger partial charge < -0.3 is 10.6 Å². The Morgan fingerprint density at radius 3 is 2.91 bits per heavy atom. The normalized spacial score (nSPS) is 17.1. The molecular weight excluding hydrogens is 363 g/mol. The van der Waals surface area contributed by atoms with E-state index in [1.165, 1.54) is 6.42 Å².